The fraction of sp³-hybridized carbons (Fsp3) is 0.278. The lowest BCUT2D eigenvalue weighted by atomic mass is 9.94. The molecule has 25 heavy (non-hydrogen) atoms. The lowest BCUT2D eigenvalue weighted by molar-refractivity contribution is -0.161. The highest BCUT2D eigenvalue weighted by Gasteiger charge is 2.45. The van der Waals surface area contributed by atoms with E-state index in [0.717, 1.165) is 5.56 Å². The molecule has 2 aromatic rings. The Morgan fingerprint density at radius 1 is 1.28 bits per heavy atom. The Kier molecular flexibility index (Phi) is 5.34. The number of halogens is 2. The summed E-state index contributed by atoms with van der Waals surface area (Å²) in [5.41, 5.74) is -0.418. The third-order valence-electron chi connectivity index (χ3n) is 4.05. The number of carbonyl (C=O) groups excluding carboxylic acids is 1. The number of benzene rings is 2. The number of thioether (sulfide) groups is 1. The zero-order valence-electron chi connectivity index (χ0n) is 13.2. The number of amides is 1. The summed E-state index contributed by atoms with van der Waals surface area (Å²) in [6, 6.07) is 13.6. The van der Waals surface area contributed by atoms with Crippen LogP contribution in [0.4, 0.5) is 4.39 Å². The first-order chi connectivity index (χ1) is 11.9. The monoisotopic (exact) mass is 381 g/mol. The van der Waals surface area contributed by atoms with Crippen molar-refractivity contribution in [2.75, 3.05) is 19.7 Å². The van der Waals surface area contributed by atoms with E-state index in [0.29, 0.717) is 4.90 Å². The quantitative estimate of drug-likeness (QED) is 0.782. The third kappa shape index (κ3) is 3.98. The van der Waals surface area contributed by atoms with E-state index in [1.165, 1.54) is 28.8 Å². The molecule has 0 aliphatic carbocycles. The van der Waals surface area contributed by atoms with E-state index in [4.69, 9.17) is 16.7 Å². The summed E-state index contributed by atoms with van der Waals surface area (Å²) < 4.78 is 13.4. The molecule has 1 aliphatic rings. The lowest BCUT2D eigenvalue weighted by Crippen LogP contribution is -2.65. The first-order valence-electron chi connectivity index (χ1n) is 7.70. The van der Waals surface area contributed by atoms with Crippen LogP contribution in [0.1, 0.15) is 10.8 Å². The second-order valence-corrected chi connectivity index (χ2v) is 7.65. The zero-order chi connectivity index (χ0) is 18.0. The summed E-state index contributed by atoms with van der Waals surface area (Å²) in [7, 11) is 0. The van der Waals surface area contributed by atoms with Crippen molar-refractivity contribution >= 4 is 29.3 Å². The van der Waals surface area contributed by atoms with Gasteiger partial charge in [0.2, 0.25) is 5.91 Å². The van der Waals surface area contributed by atoms with Gasteiger partial charge in [-0.15, -0.1) is 11.8 Å². The molecule has 1 fully saturated rings. The van der Waals surface area contributed by atoms with Crippen molar-refractivity contribution in [3.63, 3.8) is 0 Å². The van der Waals surface area contributed by atoms with E-state index in [1.54, 1.807) is 6.07 Å². The molecule has 1 atom stereocenters. The summed E-state index contributed by atoms with van der Waals surface area (Å²) in [5, 5.41) is 18.5. The molecule has 4 nitrogen and oxygen atoms in total. The van der Waals surface area contributed by atoms with Gasteiger partial charge in [0, 0.05) is 4.90 Å². The Morgan fingerprint density at radius 3 is 2.56 bits per heavy atom. The summed E-state index contributed by atoms with van der Waals surface area (Å²) in [6.07, 6.45) is 0. The van der Waals surface area contributed by atoms with E-state index in [1.807, 2.05) is 30.3 Å². The normalized spacial score (nSPS) is 17.0. The highest BCUT2D eigenvalue weighted by molar-refractivity contribution is 8.00. The van der Waals surface area contributed by atoms with Gasteiger partial charge < -0.3 is 15.1 Å². The number of hydrogen-bond acceptors (Lipinski definition) is 4. The Balaban J connectivity index is 1.83. The van der Waals surface area contributed by atoms with Gasteiger partial charge in [-0.2, -0.15) is 0 Å². The Labute approximate surface area is 154 Å². The van der Waals surface area contributed by atoms with Crippen molar-refractivity contribution < 1.29 is 19.4 Å². The van der Waals surface area contributed by atoms with Crippen LogP contribution in [0.5, 0.6) is 0 Å². The molecule has 0 radical (unpaired) electrons. The molecule has 2 aromatic carbocycles. The molecule has 1 amide bonds. The van der Waals surface area contributed by atoms with E-state index in [9.17, 15) is 14.3 Å². The maximum absolute atomic E-state index is 13.4. The van der Waals surface area contributed by atoms with Gasteiger partial charge >= 0.3 is 0 Å². The first kappa shape index (κ1) is 18.2. The van der Waals surface area contributed by atoms with Crippen LogP contribution in [0.2, 0.25) is 5.02 Å². The molecule has 1 heterocycles. The molecule has 132 valence electrons. The number of rotatable bonds is 5. The number of carbonyl (C=O) groups is 1. The van der Waals surface area contributed by atoms with Crippen LogP contribution in [0, 0.1) is 5.82 Å². The molecule has 1 unspecified atom stereocenters. The third-order valence-corrected chi connectivity index (χ3v) is 5.57. The molecule has 0 saturated carbocycles. The average Bonchev–Trinajstić information content (AvgIpc) is 2.60. The Hall–Kier alpha value is -1.60. The van der Waals surface area contributed by atoms with E-state index in [2.05, 4.69) is 0 Å². The molecule has 3 rings (SSSR count). The molecule has 0 aromatic heterocycles. The number of aliphatic hydroxyl groups excluding tert-OH is 1. The fourth-order valence-corrected chi connectivity index (χ4v) is 4.05. The van der Waals surface area contributed by atoms with Crippen LogP contribution in [0.3, 0.4) is 0 Å². The minimum atomic E-state index is -1.22. The summed E-state index contributed by atoms with van der Waals surface area (Å²) >= 11 is 7.11. The number of β-amino-alcohol motifs (C(OH)–C–C–N with tert-alkyl or cyclic N) is 1. The van der Waals surface area contributed by atoms with Gasteiger partial charge in [-0.25, -0.2) is 4.39 Å². The van der Waals surface area contributed by atoms with Crippen LogP contribution < -0.4 is 0 Å². The molecular weight excluding hydrogens is 365 g/mol. The lowest BCUT2D eigenvalue weighted by Gasteiger charge is -2.46. The predicted molar refractivity (Wildman–Crippen MR) is 95.1 cm³/mol. The largest absolute Gasteiger partial charge is 0.393 e. The van der Waals surface area contributed by atoms with Gasteiger partial charge in [0.05, 0.1) is 24.7 Å². The average molecular weight is 382 g/mol. The number of nitrogens with zero attached hydrogens (tertiary/aromatic N) is 1. The van der Waals surface area contributed by atoms with Gasteiger partial charge in [0.25, 0.3) is 0 Å². The first-order valence-corrected chi connectivity index (χ1v) is 8.96. The maximum Gasteiger partial charge on any atom is 0.240 e. The van der Waals surface area contributed by atoms with E-state index >= 15 is 0 Å². The summed E-state index contributed by atoms with van der Waals surface area (Å²) in [6.45, 7) is -0.194. The van der Waals surface area contributed by atoms with E-state index in [-0.39, 0.29) is 30.6 Å². The van der Waals surface area contributed by atoms with Crippen LogP contribution >= 0.6 is 23.4 Å². The second kappa shape index (κ2) is 7.33. The molecule has 1 saturated heterocycles. The van der Waals surface area contributed by atoms with Crippen molar-refractivity contribution in [2.45, 2.75) is 15.7 Å². The van der Waals surface area contributed by atoms with Gasteiger partial charge in [-0.05, 0) is 23.8 Å². The molecule has 7 heteroatoms. The van der Waals surface area contributed by atoms with Crippen LogP contribution in [0.25, 0.3) is 0 Å². The summed E-state index contributed by atoms with van der Waals surface area (Å²) in [4.78, 5) is 15.1. The molecular formula is C18H17ClFNO3S. The van der Waals surface area contributed by atoms with Gasteiger partial charge in [0.1, 0.15) is 16.7 Å². The molecule has 0 spiro atoms. The second-order valence-electron chi connectivity index (χ2n) is 6.06. The molecule has 0 bridgehead atoms. The van der Waals surface area contributed by atoms with Crippen molar-refractivity contribution in [1.82, 2.24) is 4.90 Å². The topological polar surface area (TPSA) is 60.8 Å². The maximum atomic E-state index is 13.4. The van der Waals surface area contributed by atoms with Crippen LogP contribution in [0.15, 0.2) is 53.4 Å². The van der Waals surface area contributed by atoms with Crippen LogP contribution in [-0.2, 0) is 4.79 Å². The van der Waals surface area contributed by atoms with Gasteiger partial charge in [-0.1, -0.05) is 41.9 Å². The predicted octanol–water partition coefficient (Wildman–Crippen LogP) is 2.88. The summed E-state index contributed by atoms with van der Waals surface area (Å²) in [5.74, 6) is -0.681. The minimum absolute atomic E-state index is 0.00265. The van der Waals surface area contributed by atoms with Crippen LogP contribution in [-0.4, -0.2) is 46.3 Å². The fourth-order valence-electron chi connectivity index (χ4n) is 2.66. The zero-order valence-corrected chi connectivity index (χ0v) is 14.8. The highest BCUT2D eigenvalue weighted by Crippen LogP contribution is 2.39. The number of likely N-dealkylation sites (tertiary alicyclic amines) is 1. The van der Waals surface area contributed by atoms with E-state index < -0.39 is 16.7 Å². The molecule has 2 N–H and O–H groups in total. The number of aliphatic hydroxyl groups is 2. The van der Waals surface area contributed by atoms with Gasteiger partial charge in [0.15, 0.2) is 0 Å². The van der Waals surface area contributed by atoms with Gasteiger partial charge in [-0.3, -0.25) is 4.79 Å². The van der Waals surface area contributed by atoms with Crippen molar-refractivity contribution in [2.24, 2.45) is 0 Å². The Bertz CT molecular complexity index is 768. The number of hydrogen-bond donors (Lipinski definition) is 2. The highest BCUT2D eigenvalue weighted by atomic mass is 35.5. The van der Waals surface area contributed by atoms with Crippen molar-refractivity contribution in [1.29, 1.82) is 0 Å². The minimum Gasteiger partial charge on any atom is -0.393 e. The van der Waals surface area contributed by atoms with Crippen molar-refractivity contribution in [3.05, 3.63) is 64.9 Å². The SMILES string of the molecule is O=C(C(Sc1ccc(F)c(Cl)c1)c1ccccc1)N1CC(O)(CO)C1. The smallest absolute Gasteiger partial charge is 0.240 e. The standard InChI is InChI=1S/C18H17ClFNO3S/c19-14-8-13(6-7-15(14)20)25-16(12-4-2-1-3-5-12)17(23)21-9-18(24,10-21)11-22/h1-8,16,22,24H,9-11H2. The molecule has 1 aliphatic heterocycles. The van der Waals surface area contributed by atoms with Crippen molar-refractivity contribution in [3.8, 4) is 0 Å². The Morgan fingerprint density at radius 2 is 1.96 bits per heavy atom.